The maximum Gasteiger partial charge on any atom is 0.0411 e. The van der Waals surface area contributed by atoms with E-state index >= 15 is 0 Å². The Balaban J connectivity index is 2.36. The van der Waals surface area contributed by atoms with Gasteiger partial charge in [-0.3, -0.25) is 0 Å². The summed E-state index contributed by atoms with van der Waals surface area (Å²) in [6.07, 6.45) is 0. The summed E-state index contributed by atoms with van der Waals surface area (Å²) in [6.45, 7) is 9.17. The van der Waals surface area contributed by atoms with Gasteiger partial charge in [-0.1, -0.05) is 44.2 Å². The zero-order valence-electron chi connectivity index (χ0n) is 10.8. The predicted octanol–water partition coefficient (Wildman–Crippen LogP) is 3.96. The van der Waals surface area contributed by atoms with Crippen molar-refractivity contribution in [1.29, 1.82) is 0 Å². The van der Waals surface area contributed by atoms with Gasteiger partial charge < -0.3 is 4.90 Å². The molecule has 17 heavy (non-hydrogen) atoms. The molecule has 0 fully saturated rings. The lowest BCUT2D eigenvalue weighted by atomic mass is 9.84. The molecule has 0 unspecified atom stereocenters. The summed E-state index contributed by atoms with van der Waals surface area (Å²) in [7, 11) is 0. The minimum Gasteiger partial charge on any atom is -0.371 e. The van der Waals surface area contributed by atoms with Crippen molar-refractivity contribution in [1.82, 2.24) is 0 Å². The van der Waals surface area contributed by atoms with E-state index in [2.05, 4.69) is 62.1 Å². The smallest absolute Gasteiger partial charge is 0.0411 e. The predicted molar refractivity (Wildman–Crippen MR) is 74.9 cm³/mol. The van der Waals surface area contributed by atoms with Gasteiger partial charge in [0.2, 0.25) is 0 Å². The molecule has 0 atom stereocenters. The Morgan fingerprint density at radius 1 is 1.12 bits per heavy atom. The van der Waals surface area contributed by atoms with Gasteiger partial charge in [-0.2, -0.15) is 0 Å². The first-order valence-corrected chi connectivity index (χ1v) is 6.40. The number of anilines is 1. The van der Waals surface area contributed by atoms with Crippen LogP contribution < -0.4 is 4.90 Å². The number of nitrogens with zero attached hydrogens (tertiary/aromatic N) is 1. The standard InChI is InChI=1S/C16H19N/c1-4-17-11-16(2,3)15-13-8-6-5-7-12(13)9-10-14(15)17/h5-10H,4,11H2,1-3H3. The molecular formula is C16H19N. The van der Waals surface area contributed by atoms with Crippen molar-refractivity contribution in [2.75, 3.05) is 18.0 Å². The van der Waals surface area contributed by atoms with Crippen molar-refractivity contribution in [3.05, 3.63) is 42.0 Å². The highest BCUT2D eigenvalue weighted by molar-refractivity contribution is 5.92. The molecule has 2 aromatic rings. The molecule has 3 rings (SSSR count). The molecule has 1 heteroatoms. The Morgan fingerprint density at radius 2 is 1.88 bits per heavy atom. The van der Waals surface area contributed by atoms with Crippen LogP contribution in [0.3, 0.4) is 0 Å². The van der Waals surface area contributed by atoms with E-state index in [4.69, 9.17) is 0 Å². The van der Waals surface area contributed by atoms with Crippen molar-refractivity contribution in [3.8, 4) is 0 Å². The molecule has 2 aromatic carbocycles. The van der Waals surface area contributed by atoms with Gasteiger partial charge in [-0.25, -0.2) is 0 Å². The van der Waals surface area contributed by atoms with Gasteiger partial charge in [0.05, 0.1) is 0 Å². The van der Waals surface area contributed by atoms with Crippen molar-refractivity contribution >= 4 is 16.5 Å². The van der Waals surface area contributed by atoms with Gasteiger partial charge in [0.1, 0.15) is 0 Å². The second-order valence-corrected chi connectivity index (χ2v) is 5.58. The average Bonchev–Trinajstić information content (AvgIpc) is 2.61. The SMILES string of the molecule is CCN1CC(C)(C)c2c1ccc1ccccc21. The van der Waals surface area contributed by atoms with Crippen LogP contribution in [0.15, 0.2) is 36.4 Å². The van der Waals surface area contributed by atoms with E-state index in [0.717, 1.165) is 13.1 Å². The van der Waals surface area contributed by atoms with Crippen molar-refractivity contribution in [2.45, 2.75) is 26.2 Å². The van der Waals surface area contributed by atoms with Gasteiger partial charge in [0, 0.05) is 24.2 Å². The van der Waals surface area contributed by atoms with Crippen LogP contribution >= 0.6 is 0 Å². The fraction of sp³-hybridized carbons (Fsp3) is 0.375. The molecule has 1 aliphatic heterocycles. The van der Waals surface area contributed by atoms with Crippen LogP contribution in [-0.4, -0.2) is 13.1 Å². The third kappa shape index (κ3) is 1.45. The maximum absolute atomic E-state index is 2.49. The van der Waals surface area contributed by atoms with Crippen molar-refractivity contribution < 1.29 is 0 Å². The van der Waals surface area contributed by atoms with Crippen LogP contribution in [0.4, 0.5) is 5.69 Å². The normalized spacial score (nSPS) is 17.5. The number of fused-ring (bicyclic) bond motifs is 3. The van der Waals surface area contributed by atoms with E-state index in [1.165, 1.54) is 22.0 Å². The number of hydrogen-bond donors (Lipinski definition) is 0. The number of hydrogen-bond acceptors (Lipinski definition) is 1. The Bertz CT molecular complexity index is 569. The molecule has 0 aliphatic carbocycles. The van der Waals surface area contributed by atoms with E-state index in [0.29, 0.717) is 0 Å². The lowest BCUT2D eigenvalue weighted by Gasteiger charge is -2.21. The van der Waals surface area contributed by atoms with Gasteiger partial charge >= 0.3 is 0 Å². The highest BCUT2D eigenvalue weighted by atomic mass is 15.2. The molecule has 88 valence electrons. The van der Waals surface area contributed by atoms with Gasteiger partial charge in [0.25, 0.3) is 0 Å². The summed E-state index contributed by atoms with van der Waals surface area (Å²) >= 11 is 0. The minimum atomic E-state index is 0.256. The monoisotopic (exact) mass is 225 g/mol. The summed E-state index contributed by atoms with van der Waals surface area (Å²) in [5, 5.41) is 2.78. The minimum absolute atomic E-state index is 0.256. The van der Waals surface area contributed by atoms with Gasteiger partial charge in [-0.15, -0.1) is 0 Å². The van der Waals surface area contributed by atoms with Crippen molar-refractivity contribution in [3.63, 3.8) is 0 Å². The molecule has 0 N–H and O–H groups in total. The molecule has 1 aliphatic rings. The first-order chi connectivity index (χ1) is 8.13. The molecule has 0 spiro atoms. The largest absolute Gasteiger partial charge is 0.371 e. The fourth-order valence-corrected chi connectivity index (χ4v) is 3.16. The van der Waals surface area contributed by atoms with Crippen LogP contribution in [0, 0.1) is 0 Å². The molecule has 1 heterocycles. The molecule has 0 bridgehead atoms. The van der Waals surface area contributed by atoms with E-state index in [1.54, 1.807) is 0 Å². The first kappa shape index (κ1) is 10.6. The summed E-state index contributed by atoms with van der Waals surface area (Å²) in [5.41, 5.74) is 3.21. The molecule has 0 amide bonds. The number of benzene rings is 2. The summed E-state index contributed by atoms with van der Waals surface area (Å²) in [6, 6.07) is 13.3. The van der Waals surface area contributed by atoms with Crippen LogP contribution in [-0.2, 0) is 5.41 Å². The highest BCUT2D eigenvalue weighted by Crippen LogP contribution is 2.44. The van der Waals surface area contributed by atoms with Gasteiger partial charge in [0.15, 0.2) is 0 Å². The fourth-order valence-electron chi connectivity index (χ4n) is 3.16. The van der Waals surface area contributed by atoms with Crippen LogP contribution in [0.1, 0.15) is 26.3 Å². The Hall–Kier alpha value is -1.50. The first-order valence-electron chi connectivity index (χ1n) is 6.40. The topological polar surface area (TPSA) is 3.24 Å². The van der Waals surface area contributed by atoms with Gasteiger partial charge in [-0.05, 0) is 29.3 Å². The molecule has 0 saturated heterocycles. The maximum atomic E-state index is 2.49. The van der Waals surface area contributed by atoms with Crippen LogP contribution in [0.5, 0.6) is 0 Å². The summed E-state index contributed by atoms with van der Waals surface area (Å²) < 4.78 is 0. The Morgan fingerprint density at radius 3 is 2.65 bits per heavy atom. The lowest BCUT2D eigenvalue weighted by Crippen LogP contribution is -2.28. The summed E-state index contributed by atoms with van der Waals surface area (Å²) in [4.78, 5) is 2.49. The Labute approximate surface area is 103 Å². The van der Waals surface area contributed by atoms with E-state index in [1.807, 2.05) is 0 Å². The van der Waals surface area contributed by atoms with Crippen LogP contribution in [0.25, 0.3) is 10.8 Å². The zero-order valence-corrected chi connectivity index (χ0v) is 10.8. The summed E-state index contributed by atoms with van der Waals surface area (Å²) in [5.74, 6) is 0. The quantitative estimate of drug-likeness (QED) is 0.710. The third-order valence-corrected chi connectivity index (χ3v) is 3.89. The Kier molecular flexibility index (Phi) is 2.19. The molecule has 0 radical (unpaired) electrons. The molecule has 0 saturated carbocycles. The molecule has 0 aromatic heterocycles. The second kappa shape index (κ2) is 3.49. The molecular weight excluding hydrogens is 206 g/mol. The zero-order chi connectivity index (χ0) is 12.0. The van der Waals surface area contributed by atoms with E-state index in [-0.39, 0.29) is 5.41 Å². The molecule has 1 nitrogen and oxygen atoms in total. The second-order valence-electron chi connectivity index (χ2n) is 5.58. The van der Waals surface area contributed by atoms with E-state index in [9.17, 15) is 0 Å². The van der Waals surface area contributed by atoms with E-state index < -0.39 is 0 Å². The highest BCUT2D eigenvalue weighted by Gasteiger charge is 2.35. The number of likely N-dealkylation sites (N-methyl/N-ethyl adjacent to an activating group) is 1. The van der Waals surface area contributed by atoms with Crippen molar-refractivity contribution in [2.24, 2.45) is 0 Å². The number of rotatable bonds is 1. The lowest BCUT2D eigenvalue weighted by molar-refractivity contribution is 0.558. The third-order valence-electron chi connectivity index (χ3n) is 3.89. The average molecular weight is 225 g/mol. The van der Waals surface area contributed by atoms with Crippen LogP contribution in [0.2, 0.25) is 0 Å².